The molecule has 2 atom stereocenters. The molecule has 2 aromatic rings. The van der Waals surface area contributed by atoms with Crippen molar-refractivity contribution < 1.29 is 23.7 Å². The number of hydrogen-bond donors (Lipinski definition) is 1. The van der Waals surface area contributed by atoms with Crippen LogP contribution in [-0.4, -0.2) is 62.9 Å². The Hall–Kier alpha value is -2.77. The zero-order valence-electron chi connectivity index (χ0n) is 18.4. The average molecular weight is 439 g/mol. The van der Waals surface area contributed by atoms with Crippen molar-refractivity contribution in [1.29, 1.82) is 0 Å². The lowest BCUT2D eigenvalue weighted by molar-refractivity contribution is 0.00266. The monoisotopic (exact) mass is 438 g/mol. The molecule has 0 aromatic heterocycles. The maximum Gasteiger partial charge on any atom is 0.251 e. The summed E-state index contributed by atoms with van der Waals surface area (Å²) in [5.41, 5.74) is 1.68. The highest BCUT2D eigenvalue weighted by molar-refractivity contribution is 5.95. The number of carbonyl (C=O) groups is 1. The first-order valence-electron chi connectivity index (χ1n) is 11.4. The molecule has 32 heavy (non-hydrogen) atoms. The Morgan fingerprint density at radius 2 is 1.94 bits per heavy atom. The van der Waals surface area contributed by atoms with E-state index in [-0.39, 0.29) is 18.1 Å². The quantitative estimate of drug-likeness (QED) is 0.717. The Labute approximate surface area is 188 Å². The van der Waals surface area contributed by atoms with Gasteiger partial charge < -0.3 is 29.2 Å². The summed E-state index contributed by atoms with van der Waals surface area (Å²) < 4.78 is 22.9. The van der Waals surface area contributed by atoms with Crippen molar-refractivity contribution in [3.63, 3.8) is 0 Å². The first-order chi connectivity index (χ1) is 15.7. The number of methoxy groups -OCH3 is 1. The van der Waals surface area contributed by atoms with Gasteiger partial charge in [-0.2, -0.15) is 0 Å². The van der Waals surface area contributed by atoms with Gasteiger partial charge in [-0.25, -0.2) is 0 Å². The van der Waals surface area contributed by atoms with E-state index in [0.717, 1.165) is 30.9 Å². The van der Waals surface area contributed by atoms with Gasteiger partial charge in [0, 0.05) is 18.2 Å². The van der Waals surface area contributed by atoms with E-state index in [9.17, 15) is 4.79 Å². The van der Waals surface area contributed by atoms with Crippen molar-refractivity contribution >= 4 is 5.91 Å². The minimum absolute atomic E-state index is 0.0416. The molecule has 3 fully saturated rings. The fourth-order valence-corrected chi connectivity index (χ4v) is 4.75. The molecule has 0 spiro atoms. The summed E-state index contributed by atoms with van der Waals surface area (Å²) in [6.07, 6.45) is 2.16. The lowest BCUT2D eigenvalue weighted by atomic mass is 9.84. The third-order valence-electron chi connectivity index (χ3n) is 6.63. The van der Waals surface area contributed by atoms with Crippen LogP contribution in [0.3, 0.4) is 0 Å². The van der Waals surface area contributed by atoms with E-state index in [1.54, 1.807) is 19.2 Å². The van der Waals surface area contributed by atoms with Crippen LogP contribution in [0.2, 0.25) is 0 Å². The first kappa shape index (κ1) is 21.1. The van der Waals surface area contributed by atoms with Crippen molar-refractivity contribution in [3.05, 3.63) is 53.6 Å². The largest absolute Gasteiger partial charge is 0.497 e. The number of fused-ring (bicyclic) bond motifs is 4. The van der Waals surface area contributed by atoms with E-state index in [2.05, 4.69) is 10.2 Å². The molecule has 1 amide bonds. The molecule has 1 N–H and O–H groups in total. The van der Waals surface area contributed by atoms with E-state index in [0.29, 0.717) is 42.8 Å². The standard InChI is InChI=1S/C25H30N2O5/c1-29-20-5-2-17(3-6-20)14-30-15-21-16-31-24-12-19(4-7-23(24)32-21)25(28)26-22-13-27-10-8-18(22)9-11-27/h2-7,12,18,21-22H,8-11,13-16H2,1H3,(H,26,28)/t21-,22+/m1/s1. The van der Waals surface area contributed by atoms with Crippen LogP contribution in [-0.2, 0) is 11.3 Å². The summed E-state index contributed by atoms with van der Waals surface area (Å²) in [5.74, 6) is 2.64. The van der Waals surface area contributed by atoms with Gasteiger partial charge in [-0.05, 0) is 67.7 Å². The third-order valence-corrected chi connectivity index (χ3v) is 6.63. The van der Waals surface area contributed by atoms with Crippen LogP contribution >= 0.6 is 0 Å². The Balaban J connectivity index is 1.12. The topological polar surface area (TPSA) is 69.3 Å². The van der Waals surface area contributed by atoms with E-state index in [1.165, 1.54) is 12.8 Å². The zero-order chi connectivity index (χ0) is 21.9. The van der Waals surface area contributed by atoms with Crippen molar-refractivity contribution in [1.82, 2.24) is 10.2 Å². The number of carbonyl (C=O) groups excluding carboxylic acids is 1. The highest BCUT2D eigenvalue weighted by Gasteiger charge is 2.35. The molecular weight excluding hydrogens is 408 g/mol. The minimum Gasteiger partial charge on any atom is -0.497 e. The summed E-state index contributed by atoms with van der Waals surface area (Å²) in [6, 6.07) is 13.4. The van der Waals surface area contributed by atoms with Gasteiger partial charge in [0.2, 0.25) is 0 Å². The van der Waals surface area contributed by atoms with Crippen molar-refractivity contribution in [3.8, 4) is 17.2 Å². The number of amides is 1. The second-order valence-electron chi connectivity index (χ2n) is 8.79. The fraction of sp³-hybridized carbons (Fsp3) is 0.480. The zero-order valence-corrected chi connectivity index (χ0v) is 18.4. The molecule has 0 radical (unpaired) electrons. The van der Waals surface area contributed by atoms with Gasteiger partial charge in [0.15, 0.2) is 17.6 Å². The van der Waals surface area contributed by atoms with Gasteiger partial charge in [0.25, 0.3) is 5.91 Å². The highest BCUT2D eigenvalue weighted by Crippen LogP contribution is 2.33. The molecule has 3 saturated heterocycles. The molecule has 2 bridgehead atoms. The number of nitrogens with zero attached hydrogens (tertiary/aromatic N) is 1. The normalized spacial score (nSPS) is 25.9. The summed E-state index contributed by atoms with van der Waals surface area (Å²) >= 11 is 0. The summed E-state index contributed by atoms with van der Waals surface area (Å²) in [7, 11) is 1.65. The molecule has 4 aliphatic heterocycles. The summed E-state index contributed by atoms with van der Waals surface area (Å²) in [5, 5.41) is 3.23. The molecule has 0 saturated carbocycles. The predicted octanol–water partition coefficient (Wildman–Crippen LogP) is 2.88. The third kappa shape index (κ3) is 4.69. The van der Waals surface area contributed by atoms with Crippen molar-refractivity contribution in [2.45, 2.75) is 31.6 Å². The lowest BCUT2D eigenvalue weighted by Gasteiger charge is -2.44. The van der Waals surface area contributed by atoms with Crippen LogP contribution in [0, 0.1) is 5.92 Å². The second kappa shape index (κ2) is 9.38. The number of nitrogens with one attached hydrogen (secondary N) is 1. The van der Waals surface area contributed by atoms with Crippen LogP contribution in [0.4, 0.5) is 0 Å². The molecule has 7 nitrogen and oxygen atoms in total. The first-order valence-corrected chi connectivity index (χ1v) is 11.4. The van der Waals surface area contributed by atoms with Crippen molar-refractivity contribution in [2.24, 2.45) is 5.92 Å². The Morgan fingerprint density at radius 3 is 2.66 bits per heavy atom. The van der Waals surface area contributed by atoms with Crippen LogP contribution in [0.5, 0.6) is 17.2 Å². The SMILES string of the molecule is COc1ccc(COC[C@@H]2COc3cc(C(=O)N[C@H]4CN5CCC4CC5)ccc3O2)cc1. The molecular formula is C25H30N2O5. The second-order valence-corrected chi connectivity index (χ2v) is 8.79. The Kier molecular flexibility index (Phi) is 6.19. The van der Waals surface area contributed by atoms with Crippen LogP contribution in [0.15, 0.2) is 42.5 Å². The average Bonchev–Trinajstić information content (AvgIpc) is 2.85. The maximum atomic E-state index is 12.8. The maximum absolute atomic E-state index is 12.8. The molecule has 4 heterocycles. The Bertz CT molecular complexity index is 940. The van der Waals surface area contributed by atoms with Gasteiger partial charge in [-0.15, -0.1) is 0 Å². The summed E-state index contributed by atoms with van der Waals surface area (Å²) in [6.45, 7) is 4.58. The molecule has 7 heteroatoms. The predicted molar refractivity (Wildman–Crippen MR) is 119 cm³/mol. The van der Waals surface area contributed by atoms with Crippen LogP contribution in [0.25, 0.3) is 0 Å². The van der Waals surface area contributed by atoms with Gasteiger partial charge in [0.1, 0.15) is 12.4 Å². The molecule has 4 aliphatic rings. The molecule has 6 rings (SSSR count). The summed E-state index contributed by atoms with van der Waals surface area (Å²) in [4.78, 5) is 15.2. The van der Waals surface area contributed by atoms with Gasteiger partial charge in [0.05, 0.1) is 20.3 Å². The number of piperidine rings is 3. The number of ether oxygens (including phenoxy) is 4. The minimum atomic E-state index is -0.188. The van der Waals surface area contributed by atoms with E-state index in [4.69, 9.17) is 18.9 Å². The van der Waals surface area contributed by atoms with E-state index >= 15 is 0 Å². The Morgan fingerprint density at radius 1 is 1.12 bits per heavy atom. The smallest absolute Gasteiger partial charge is 0.251 e. The van der Waals surface area contributed by atoms with Gasteiger partial charge >= 0.3 is 0 Å². The molecule has 170 valence electrons. The molecule has 0 unspecified atom stereocenters. The van der Waals surface area contributed by atoms with E-state index < -0.39 is 0 Å². The van der Waals surface area contributed by atoms with Crippen molar-refractivity contribution in [2.75, 3.05) is 40.0 Å². The number of hydrogen-bond acceptors (Lipinski definition) is 6. The van der Waals surface area contributed by atoms with Gasteiger partial charge in [-0.1, -0.05) is 12.1 Å². The van der Waals surface area contributed by atoms with Gasteiger partial charge in [-0.3, -0.25) is 4.79 Å². The number of benzene rings is 2. The highest BCUT2D eigenvalue weighted by atomic mass is 16.6. The molecule has 0 aliphatic carbocycles. The molecule has 2 aromatic carbocycles. The lowest BCUT2D eigenvalue weighted by Crippen LogP contribution is -2.57. The number of rotatable bonds is 7. The fourth-order valence-electron chi connectivity index (χ4n) is 4.75. The van der Waals surface area contributed by atoms with Crippen LogP contribution in [0.1, 0.15) is 28.8 Å². The van der Waals surface area contributed by atoms with E-state index in [1.807, 2.05) is 30.3 Å². The van der Waals surface area contributed by atoms with Crippen LogP contribution < -0.4 is 19.5 Å².